The second-order valence-corrected chi connectivity index (χ2v) is 10.0. The molecule has 2 amide bonds. The molecular weight excluding hydrogens is 514 g/mol. The van der Waals surface area contributed by atoms with Crippen molar-refractivity contribution in [1.82, 2.24) is 0 Å². The number of imide groups is 1. The smallest absolute Gasteiger partial charge is 0.308 e. The molecule has 2 saturated heterocycles. The molecule has 0 spiro atoms. The van der Waals surface area contributed by atoms with E-state index in [1.165, 1.54) is 49.4 Å². The van der Waals surface area contributed by atoms with Crippen LogP contribution in [0.1, 0.15) is 28.4 Å². The first-order valence-electron chi connectivity index (χ1n) is 12.7. The summed E-state index contributed by atoms with van der Waals surface area (Å²) < 4.78 is 5.09. The van der Waals surface area contributed by atoms with Crippen molar-refractivity contribution >= 4 is 46.7 Å². The zero-order chi connectivity index (χ0) is 28.3. The number of non-ortho nitro benzene ring substituents is 1. The van der Waals surface area contributed by atoms with Crippen LogP contribution >= 0.6 is 0 Å². The molecule has 10 nitrogen and oxygen atoms in total. The van der Waals surface area contributed by atoms with E-state index in [0.717, 1.165) is 16.2 Å². The maximum absolute atomic E-state index is 14.1. The van der Waals surface area contributed by atoms with Gasteiger partial charge in [0.25, 0.3) is 5.69 Å². The summed E-state index contributed by atoms with van der Waals surface area (Å²) in [5, 5.41) is 11.2. The van der Waals surface area contributed by atoms with Gasteiger partial charge in [-0.2, -0.15) is 0 Å². The van der Waals surface area contributed by atoms with Crippen LogP contribution in [0.2, 0.25) is 0 Å². The van der Waals surface area contributed by atoms with Gasteiger partial charge in [-0.1, -0.05) is 30.4 Å². The van der Waals surface area contributed by atoms with Crippen molar-refractivity contribution in [2.24, 2.45) is 11.8 Å². The van der Waals surface area contributed by atoms with Gasteiger partial charge in [-0.05, 0) is 54.4 Å². The van der Waals surface area contributed by atoms with Crippen LogP contribution in [0.3, 0.4) is 0 Å². The van der Waals surface area contributed by atoms with E-state index < -0.39 is 46.6 Å². The third kappa shape index (κ3) is 3.79. The number of ether oxygens (including phenoxy) is 1. The number of hydrogen-bond donors (Lipinski definition) is 0. The molecular formula is C30H23N3O7. The molecule has 3 aromatic rings. The molecule has 0 saturated carbocycles. The summed E-state index contributed by atoms with van der Waals surface area (Å²) in [6.45, 7) is 2.88. The maximum atomic E-state index is 14.1. The topological polar surface area (TPSA) is 127 Å². The molecule has 3 aromatic carbocycles. The summed E-state index contributed by atoms with van der Waals surface area (Å²) in [4.78, 5) is 67.1. The summed E-state index contributed by atoms with van der Waals surface area (Å²) in [5.41, 5.74) is 2.43. The number of fused-ring (bicyclic) bond motifs is 5. The van der Waals surface area contributed by atoms with Crippen LogP contribution in [-0.2, 0) is 14.4 Å². The lowest BCUT2D eigenvalue weighted by Crippen LogP contribution is -2.49. The normalized spacial score (nSPS) is 22.6. The third-order valence-corrected chi connectivity index (χ3v) is 7.72. The van der Waals surface area contributed by atoms with Crippen LogP contribution < -0.4 is 14.5 Å². The Balaban J connectivity index is 1.44. The van der Waals surface area contributed by atoms with Crippen LogP contribution in [0.4, 0.5) is 17.1 Å². The van der Waals surface area contributed by atoms with E-state index in [9.17, 15) is 29.3 Å². The minimum atomic E-state index is -0.986. The lowest BCUT2D eigenvalue weighted by Gasteiger charge is -2.36. The molecule has 0 radical (unpaired) electrons. The summed E-state index contributed by atoms with van der Waals surface area (Å²) in [6, 6.07) is 16.0. The van der Waals surface area contributed by atoms with Crippen LogP contribution in [0.5, 0.6) is 5.75 Å². The number of nitro benzene ring substituents is 1. The highest BCUT2D eigenvalue weighted by Gasteiger charge is 2.64. The summed E-state index contributed by atoms with van der Waals surface area (Å²) >= 11 is 0. The van der Waals surface area contributed by atoms with E-state index >= 15 is 0 Å². The van der Waals surface area contributed by atoms with Gasteiger partial charge in [0, 0.05) is 30.3 Å². The van der Waals surface area contributed by atoms with Gasteiger partial charge in [0.05, 0.1) is 28.5 Å². The highest BCUT2D eigenvalue weighted by molar-refractivity contribution is 6.26. The van der Waals surface area contributed by atoms with E-state index in [1.807, 2.05) is 41.3 Å². The molecule has 3 heterocycles. The number of nitrogens with zero attached hydrogens (tertiary/aromatic N) is 3. The number of ketones is 1. The van der Waals surface area contributed by atoms with Crippen LogP contribution in [0.15, 0.2) is 72.8 Å². The van der Waals surface area contributed by atoms with E-state index in [0.29, 0.717) is 11.1 Å². The second kappa shape index (κ2) is 9.26. The molecule has 40 heavy (non-hydrogen) atoms. The highest BCUT2D eigenvalue weighted by Crippen LogP contribution is 2.50. The zero-order valence-electron chi connectivity index (χ0n) is 21.5. The molecule has 0 aromatic heterocycles. The maximum Gasteiger partial charge on any atom is 0.308 e. The molecule has 3 aliphatic heterocycles. The highest BCUT2D eigenvalue weighted by atomic mass is 16.6. The number of Topliss-reactive ketones (excluding diaryl/α,β-unsaturated/α-hetero) is 1. The Hall–Kier alpha value is -5.12. The van der Waals surface area contributed by atoms with Crippen LogP contribution in [0, 0.1) is 28.9 Å². The van der Waals surface area contributed by atoms with E-state index in [4.69, 9.17) is 4.74 Å². The molecule has 0 N–H and O–H groups in total. The average Bonchev–Trinajstić information content (AvgIpc) is 3.41. The van der Waals surface area contributed by atoms with Crippen LogP contribution in [0.25, 0.3) is 6.08 Å². The van der Waals surface area contributed by atoms with Crippen LogP contribution in [-0.4, -0.2) is 40.6 Å². The molecule has 0 bridgehead atoms. The molecule has 0 unspecified atom stereocenters. The van der Waals surface area contributed by atoms with Crippen molar-refractivity contribution in [2.45, 2.75) is 25.9 Å². The Morgan fingerprint density at radius 3 is 2.30 bits per heavy atom. The summed E-state index contributed by atoms with van der Waals surface area (Å²) in [6.07, 6.45) is 3.75. The largest absolute Gasteiger partial charge is 0.427 e. The van der Waals surface area contributed by atoms with Gasteiger partial charge in [-0.3, -0.25) is 29.3 Å². The van der Waals surface area contributed by atoms with Crippen molar-refractivity contribution in [3.63, 3.8) is 0 Å². The number of hydrogen-bond acceptors (Lipinski definition) is 8. The van der Waals surface area contributed by atoms with Crippen molar-refractivity contribution in [2.75, 3.05) is 9.80 Å². The lowest BCUT2D eigenvalue weighted by molar-refractivity contribution is -0.384. The van der Waals surface area contributed by atoms with Gasteiger partial charge in [0.2, 0.25) is 11.8 Å². The number of esters is 1. The zero-order valence-corrected chi connectivity index (χ0v) is 21.5. The van der Waals surface area contributed by atoms with Gasteiger partial charge >= 0.3 is 5.97 Å². The van der Waals surface area contributed by atoms with Gasteiger partial charge in [0.15, 0.2) is 5.78 Å². The minimum absolute atomic E-state index is 0.149. The van der Waals surface area contributed by atoms with Gasteiger partial charge in [0.1, 0.15) is 11.8 Å². The Kier molecular flexibility index (Phi) is 5.83. The molecule has 4 atom stereocenters. The molecule has 200 valence electrons. The Morgan fingerprint density at radius 1 is 0.925 bits per heavy atom. The number of aryl methyl sites for hydroxylation is 1. The number of carbonyl (C=O) groups excluding carboxylic acids is 4. The van der Waals surface area contributed by atoms with Gasteiger partial charge < -0.3 is 9.64 Å². The molecule has 10 heteroatoms. The number of amides is 2. The average molecular weight is 538 g/mol. The standard InChI is InChI=1S/C30H23N3O7/c1-16-15-20(33(38)39)10-14-22(16)32-29(36)25-24-13-9-18-5-3-4-6-23(18)31(24)27(26(25)30(32)37)28(35)19-7-11-21(12-8-19)40-17(2)34/h3-15,24-27H,1-2H3/t24-,25-,26-,27+/m0/s1. The molecule has 0 aliphatic carbocycles. The van der Waals surface area contributed by atoms with Gasteiger partial charge in [-0.15, -0.1) is 0 Å². The molecule has 6 rings (SSSR count). The number of rotatable bonds is 5. The minimum Gasteiger partial charge on any atom is -0.427 e. The third-order valence-electron chi connectivity index (χ3n) is 7.72. The summed E-state index contributed by atoms with van der Waals surface area (Å²) in [5.74, 6) is -3.35. The van der Waals surface area contributed by atoms with E-state index in [2.05, 4.69) is 0 Å². The van der Waals surface area contributed by atoms with E-state index in [-0.39, 0.29) is 22.9 Å². The number of anilines is 2. The predicted molar refractivity (Wildman–Crippen MR) is 145 cm³/mol. The van der Waals surface area contributed by atoms with Crippen molar-refractivity contribution in [3.8, 4) is 5.75 Å². The van der Waals surface area contributed by atoms with Gasteiger partial charge in [-0.25, -0.2) is 4.90 Å². The van der Waals surface area contributed by atoms with E-state index in [1.54, 1.807) is 6.92 Å². The van der Waals surface area contributed by atoms with Crippen molar-refractivity contribution in [3.05, 3.63) is 99.6 Å². The molecule has 2 fully saturated rings. The summed E-state index contributed by atoms with van der Waals surface area (Å²) in [7, 11) is 0. The first-order valence-corrected chi connectivity index (χ1v) is 12.7. The number of carbonyl (C=O) groups is 4. The fourth-order valence-electron chi connectivity index (χ4n) is 6.08. The second-order valence-electron chi connectivity index (χ2n) is 10.0. The number of para-hydroxylation sites is 1. The quantitative estimate of drug-likeness (QED) is 0.119. The molecule has 3 aliphatic rings. The Morgan fingerprint density at radius 2 is 1.62 bits per heavy atom. The van der Waals surface area contributed by atoms with Crippen molar-refractivity contribution < 1.29 is 28.8 Å². The monoisotopic (exact) mass is 537 g/mol. The Bertz CT molecular complexity index is 1650. The first-order chi connectivity index (χ1) is 19.2. The first kappa shape index (κ1) is 25.2. The Labute approximate surface area is 228 Å². The fraction of sp³-hybridized carbons (Fsp3) is 0.200. The number of nitro groups is 1. The SMILES string of the molecule is CC(=O)Oc1ccc(C(=O)[C@H]2[C@H]3C(=O)N(c4ccc([N+](=O)[O-])cc4C)C(=O)[C@H]3[C@@H]3C=Cc4ccccc4N32)cc1. The predicted octanol–water partition coefficient (Wildman–Crippen LogP) is 4.10. The number of benzene rings is 3. The fourth-order valence-corrected chi connectivity index (χ4v) is 6.08. The van der Waals surface area contributed by atoms with Crippen molar-refractivity contribution in [1.29, 1.82) is 0 Å². The lowest BCUT2D eigenvalue weighted by atomic mass is 9.86.